The monoisotopic (exact) mass is 481 g/mol. The number of likely N-dealkylation sites (tertiary alicyclic amines) is 1. The van der Waals surface area contributed by atoms with E-state index in [2.05, 4.69) is 5.32 Å². The lowest BCUT2D eigenvalue weighted by atomic mass is 9.84. The van der Waals surface area contributed by atoms with Gasteiger partial charge in [0.05, 0.1) is 6.04 Å². The third-order valence-electron chi connectivity index (χ3n) is 7.59. The standard InChI is InChI=1S/C29H31N5O2/c30-25(24(20-7-3-1-4-8-20)21-9-5-2-6-10-21)27(35)34-16-15-23-17-29(23,34)28(36)33-18-19-11-13-22(14-12-19)26(31)32/h1-14,23-25H,15-18,30H2,(H3,31,32)(H,33,36). The SMILES string of the molecule is N=C(N)c1ccc(CNC(=O)C23CC2CCN3C(=O)C(N)C(c2ccccc2)c2ccccc2)cc1. The number of carbonyl (C=O) groups is 2. The second-order valence-electron chi connectivity index (χ2n) is 9.72. The number of carbonyl (C=O) groups excluding carboxylic acids is 2. The molecule has 0 aromatic heterocycles. The van der Waals surface area contributed by atoms with E-state index in [-0.39, 0.29) is 29.5 Å². The molecule has 0 spiro atoms. The van der Waals surface area contributed by atoms with Crippen molar-refractivity contribution in [2.75, 3.05) is 6.54 Å². The van der Waals surface area contributed by atoms with E-state index in [1.165, 1.54) is 0 Å². The zero-order chi connectivity index (χ0) is 25.3. The Kier molecular flexibility index (Phi) is 6.33. The molecule has 1 saturated heterocycles. The second-order valence-corrected chi connectivity index (χ2v) is 9.72. The summed E-state index contributed by atoms with van der Waals surface area (Å²) in [5, 5.41) is 10.5. The molecule has 1 saturated carbocycles. The van der Waals surface area contributed by atoms with Gasteiger partial charge in [0.2, 0.25) is 11.8 Å². The smallest absolute Gasteiger partial charge is 0.246 e. The fraction of sp³-hybridized carbons (Fsp3) is 0.276. The molecule has 36 heavy (non-hydrogen) atoms. The van der Waals surface area contributed by atoms with Crippen molar-refractivity contribution in [3.05, 3.63) is 107 Å². The summed E-state index contributed by atoms with van der Waals surface area (Å²) in [7, 11) is 0. The number of piperidine rings is 1. The van der Waals surface area contributed by atoms with Gasteiger partial charge in [-0.2, -0.15) is 0 Å². The molecule has 184 valence electrons. The molecule has 7 nitrogen and oxygen atoms in total. The average molecular weight is 482 g/mol. The molecule has 7 heteroatoms. The molecule has 1 aliphatic carbocycles. The first kappa shape index (κ1) is 23.8. The van der Waals surface area contributed by atoms with E-state index in [1.54, 1.807) is 17.0 Å². The molecule has 2 fully saturated rings. The third-order valence-corrected chi connectivity index (χ3v) is 7.59. The van der Waals surface area contributed by atoms with Crippen LogP contribution in [0.5, 0.6) is 0 Å². The summed E-state index contributed by atoms with van der Waals surface area (Å²) in [6, 6.07) is 26.1. The summed E-state index contributed by atoms with van der Waals surface area (Å²) >= 11 is 0. The van der Waals surface area contributed by atoms with Gasteiger partial charge in [0.1, 0.15) is 11.4 Å². The van der Waals surface area contributed by atoms with Crippen molar-refractivity contribution in [2.45, 2.75) is 36.9 Å². The normalized spacial score (nSPS) is 21.1. The molecule has 2 aliphatic rings. The second kappa shape index (κ2) is 9.59. The number of amides is 2. The highest BCUT2D eigenvalue weighted by atomic mass is 16.2. The molecular formula is C29H31N5O2. The largest absolute Gasteiger partial charge is 0.384 e. The number of benzene rings is 3. The minimum atomic E-state index is -0.814. The van der Waals surface area contributed by atoms with Crippen molar-refractivity contribution < 1.29 is 9.59 Å². The summed E-state index contributed by atoms with van der Waals surface area (Å²) in [6.45, 7) is 0.879. The first-order chi connectivity index (χ1) is 17.4. The van der Waals surface area contributed by atoms with E-state index in [1.807, 2.05) is 72.8 Å². The van der Waals surface area contributed by atoms with Gasteiger partial charge >= 0.3 is 0 Å². The number of rotatable bonds is 8. The van der Waals surface area contributed by atoms with E-state index in [0.29, 0.717) is 25.1 Å². The Labute approximate surface area is 211 Å². The average Bonchev–Trinajstić information content (AvgIpc) is 3.53. The number of nitrogens with one attached hydrogen (secondary N) is 2. The van der Waals surface area contributed by atoms with Gasteiger partial charge in [0, 0.05) is 24.6 Å². The first-order valence-electron chi connectivity index (χ1n) is 12.3. The lowest BCUT2D eigenvalue weighted by Crippen LogP contribution is -2.55. The van der Waals surface area contributed by atoms with Crippen LogP contribution in [0, 0.1) is 11.3 Å². The van der Waals surface area contributed by atoms with Crippen LogP contribution in [0.15, 0.2) is 84.9 Å². The number of nitrogens with two attached hydrogens (primary N) is 2. The van der Waals surface area contributed by atoms with Crippen LogP contribution in [0.4, 0.5) is 0 Å². The molecular weight excluding hydrogens is 450 g/mol. The quantitative estimate of drug-likeness (QED) is 0.292. The number of nitrogen functional groups attached to an aromatic ring is 1. The van der Waals surface area contributed by atoms with Crippen LogP contribution < -0.4 is 16.8 Å². The molecule has 3 aromatic carbocycles. The molecule has 2 amide bonds. The molecule has 0 bridgehead atoms. The van der Waals surface area contributed by atoms with Crippen molar-refractivity contribution in [1.29, 1.82) is 5.41 Å². The van der Waals surface area contributed by atoms with Gasteiger partial charge in [-0.3, -0.25) is 15.0 Å². The van der Waals surface area contributed by atoms with Crippen LogP contribution in [-0.4, -0.2) is 40.7 Å². The highest BCUT2D eigenvalue weighted by molar-refractivity contribution is 5.97. The van der Waals surface area contributed by atoms with Gasteiger partial charge in [-0.1, -0.05) is 84.9 Å². The highest BCUT2D eigenvalue weighted by Crippen LogP contribution is 2.56. The van der Waals surface area contributed by atoms with Crippen LogP contribution in [-0.2, 0) is 16.1 Å². The molecule has 1 heterocycles. The van der Waals surface area contributed by atoms with E-state index in [4.69, 9.17) is 16.9 Å². The molecule has 5 rings (SSSR count). The van der Waals surface area contributed by atoms with E-state index in [0.717, 1.165) is 23.1 Å². The molecule has 3 aromatic rings. The third kappa shape index (κ3) is 4.27. The topological polar surface area (TPSA) is 125 Å². The fourth-order valence-corrected chi connectivity index (χ4v) is 5.57. The Bertz CT molecular complexity index is 1220. The van der Waals surface area contributed by atoms with Gasteiger partial charge < -0.3 is 21.7 Å². The van der Waals surface area contributed by atoms with Gasteiger partial charge in [-0.05, 0) is 35.4 Å². The van der Waals surface area contributed by atoms with E-state index < -0.39 is 11.6 Å². The Hall–Kier alpha value is -3.97. The van der Waals surface area contributed by atoms with Crippen LogP contribution in [0.3, 0.4) is 0 Å². The van der Waals surface area contributed by atoms with Gasteiger partial charge in [-0.15, -0.1) is 0 Å². The van der Waals surface area contributed by atoms with Crippen LogP contribution in [0.1, 0.15) is 41.0 Å². The Morgan fingerprint density at radius 1 is 0.972 bits per heavy atom. The molecule has 6 N–H and O–H groups in total. The predicted octanol–water partition coefficient (Wildman–Crippen LogP) is 2.74. The molecule has 3 atom stereocenters. The van der Waals surface area contributed by atoms with Crippen molar-refractivity contribution in [2.24, 2.45) is 17.4 Å². The predicted molar refractivity (Wildman–Crippen MR) is 139 cm³/mol. The van der Waals surface area contributed by atoms with E-state index in [9.17, 15) is 9.59 Å². The fourth-order valence-electron chi connectivity index (χ4n) is 5.57. The maximum atomic E-state index is 13.8. The van der Waals surface area contributed by atoms with Gasteiger partial charge in [-0.25, -0.2) is 0 Å². The van der Waals surface area contributed by atoms with Gasteiger partial charge in [0.15, 0.2) is 0 Å². The van der Waals surface area contributed by atoms with Crippen molar-refractivity contribution in [3.63, 3.8) is 0 Å². The zero-order valence-corrected chi connectivity index (χ0v) is 20.1. The van der Waals surface area contributed by atoms with E-state index >= 15 is 0 Å². The number of amidine groups is 1. The lowest BCUT2D eigenvalue weighted by Gasteiger charge is -2.33. The Morgan fingerprint density at radius 2 is 1.56 bits per heavy atom. The number of fused-ring (bicyclic) bond motifs is 1. The minimum absolute atomic E-state index is 0.00561. The van der Waals surface area contributed by atoms with Crippen LogP contribution >= 0.6 is 0 Å². The van der Waals surface area contributed by atoms with Crippen molar-refractivity contribution >= 4 is 17.6 Å². The maximum Gasteiger partial charge on any atom is 0.246 e. The van der Waals surface area contributed by atoms with Gasteiger partial charge in [0.25, 0.3) is 0 Å². The Balaban J connectivity index is 1.33. The maximum absolute atomic E-state index is 13.8. The molecule has 0 radical (unpaired) electrons. The van der Waals surface area contributed by atoms with Crippen LogP contribution in [0.25, 0.3) is 0 Å². The van der Waals surface area contributed by atoms with Crippen molar-refractivity contribution in [1.82, 2.24) is 10.2 Å². The summed E-state index contributed by atoms with van der Waals surface area (Å²) < 4.78 is 0. The summed E-state index contributed by atoms with van der Waals surface area (Å²) in [5.41, 5.74) is 14.9. The molecule has 3 unspecified atom stereocenters. The number of hydrogen-bond donors (Lipinski definition) is 4. The van der Waals surface area contributed by atoms with Crippen LogP contribution in [0.2, 0.25) is 0 Å². The zero-order valence-electron chi connectivity index (χ0n) is 20.1. The number of hydrogen-bond acceptors (Lipinski definition) is 4. The first-order valence-corrected chi connectivity index (χ1v) is 12.3. The number of nitrogens with zero attached hydrogens (tertiary/aromatic N) is 1. The Morgan fingerprint density at radius 3 is 2.08 bits per heavy atom. The van der Waals surface area contributed by atoms with Crippen molar-refractivity contribution in [3.8, 4) is 0 Å². The highest BCUT2D eigenvalue weighted by Gasteiger charge is 2.68. The summed E-state index contributed by atoms with van der Waals surface area (Å²) in [4.78, 5) is 29.0. The summed E-state index contributed by atoms with van der Waals surface area (Å²) in [6.07, 6.45) is 1.47. The minimum Gasteiger partial charge on any atom is -0.384 e. The summed E-state index contributed by atoms with van der Waals surface area (Å²) in [5.74, 6) is -0.449. The lowest BCUT2D eigenvalue weighted by molar-refractivity contribution is -0.142. The molecule has 1 aliphatic heterocycles.